The molecular weight excluding hydrogens is 220 g/mol. The van der Waals surface area contributed by atoms with Crippen molar-refractivity contribution in [3.8, 4) is 0 Å². The Balaban J connectivity index is 1.95. The number of nitrogens with one attached hydrogen (secondary N) is 2. The number of hydrogen-bond acceptors (Lipinski definition) is 4. The lowest BCUT2D eigenvalue weighted by molar-refractivity contribution is -0.120. The highest BCUT2D eigenvalue weighted by atomic mass is 16.5. The molecule has 1 aromatic carbocycles. The first-order valence-electron chi connectivity index (χ1n) is 5.30. The molecule has 90 valence electrons. The van der Waals surface area contributed by atoms with Crippen molar-refractivity contribution in [1.82, 2.24) is 10.2 Å². The number of anilines is 1. The van der Waals surface area contributed by atoms with Crippen molar-refractivity contribution in [3.63, 3.8) is 0 Å². The lowest BCUT2D eigenvalue weighted by atomic mass is 10.2. The van der Waals surface area contributed by atoms with Crippen LogP contribution in [0.4, 0.5) is 5.69 Å². The predicted octanol–water partition coefficient (Wildman–Crippen LogP) is 0.477. The second-order valence-electron chi connectivity index (χ2n) is 3.56. The lowest BCUT2D eigenvalue weighted by Gasteiger charge is -2.05. The minimum Gasteiger partial charge on any atom is -0.370 e. The van der Waals surface area contributed by atoms with Crippen LogP contribution in [-0.4, -0.2) is 35.9 Å². The molecule has 0 radical (unpaired) electrons. The number of amides is 1. The summed E-state index contributed by atoms with van der Waals surface area (Å²) in [5.41, 5.74) is 6.91. The van der Waals surface area contributed by atoms with E-state index in [0.29, 0.717) is 13.2 Å². The number of benzene rings is 1. The molecule has 0 unspecified atom stereocenters. The molecule has 2 aromatic rings. The number of aromatic amines is 1. The van der Waals surface area contributed by atoms with E-state index in [1.807, 2.05) is 12.1 Å². The Morgan fingerprint density at radius 1 is 1.53 bits per heavy atom. The van der Waals surface area contributed by atoms with Crippen LogP contribution < -0.4 is 11.1 Å². The van der Waals surface area contributed by atoms with E-state index in [4.69, 9.17) is 10.5 Å². The van der Waals surface area contributed by atoms with Gasteiger partial charge in [-0.1, -0.05) is 0 Å². The second kappa shape index (κ2) is 5.42. The zero-order chi connectivity index (χ0) is 12.1. The van der Waals surface area contributed by atoms with Gasteiger partial charge in [0.15, 0.2) is 0 Å². The molecule has 6 heteroatoms. The van der Waals surface area contributed by atoms with Crippen LogP contribution in [0.5, 0.6) is 0 Å². The van der Waals surface area contributed by atoms with Crippen molar-refractivity contribution in [2.75, 3.05) is 25.1 Å². The van der Waals surface area contributed by atoms with Gasteiger partial charge in [0, 0.05) is 17.6 Å². The van der Waals surface area contributed by atoms with Crippen molar-refractivity contribution >= 4 is 22.5 Å². The number of aromatic nitrogens is 2. The van der Waals surface area contributed by atoms with E-state index in [2.05, 4.69) is 15.5 Å². The van der Waals surface area contributed by atoms with Crippen molar-refractivity contribution < 1.29 is 9.53 Å². The van der Waals surface area contributed by atoms with Crippen LogP contribution in [0.1, 0.15) is 0 Å². The number of hydrogen-bond donors (Lipinski definition) is 3. The fourth-order valence-electron chi connectivity index (χ4n) is 1.47. The van der Waals surface area contributed by atoms with Gasteiger partial charge in [-0.05, 0) is 18.2 Å². The van der Waals surface area contributed by atoms with E-state index in [1.54, 1.807) is 12.3 Å². The van der Waals surface area contributed by atoms with Gasteiger partial charge >= 0.3 is 0 Å². The molecule has 0 aliphatic carbocycles. The van der Waals surface area contributed by atoms with Crippen molar-refractivity contribution in [1.29, 1.82) is 0 Å². The Hall–Kier alpha value is -1.92. The largest absolute Gasteiger partial charge is 0.370 e. The van der Waals surface area contributed by atoms with Gasteiger partial charge in [-0.3, -0.25) is 9.89 Å². The Morgan fingerprint density at radius 3 is 3.24 bits per heavy atom. The molecule has 0 saturated carbocycles. The SMILES string of the molecule is NCCOCC(=O)Nc1ccc2[nH]ncc2c1. The normalized spacial score (nSPS) is 10.6. The Labute approximate surface area is 98.1 Å². The zero-order valence-corrected chi connectivity index (χ0v) is 9.27. The summed E-state index contributed by atoms with van der Waals surface area (Å²) in [5, 5.41) is 10.4. The van der Waals surface area contributed by atoms with Crippen LogP contribution in [-0.2, 0) is 9.53 Å². The summed E-state index contributed by atoms with van der Waals surface area (Å²) in [7, 11) is 0. The molecule has 1 amide bonds. The summed E-state index contributed by atoms with van der Waals surface area (Å²) in [6, 6.07) is 5.51. The minimum absolute atomic E-state index is 0.0145. The molecule has 0 spiro atoms. The van der Waals surface area contributed by atoms with E-state index >= 15 is 0 Å². The topological polar surface area (TPSA) is 93.0 Å². The Kier molecular flexibility index (Phi) is 3.69. The van der Waals surface area contributed by atoms with Gasteiger partial charge in [0.2, 0.25) is 5.91 Å². The molecule has 0 fully saturated rings. The quantitative estimate of drug-likeness (QED) is 0.656. The number of nitrogens with zero attached hydrogens (tertiary/aromatic N) is 1. The first-order valence-corrected chi connectivity index (χ1v) is 5.30. The van der Waals surface area contributed by atoms with Gasteiger partial charge in [0.25, 0.3) is 0 Å². The van der Waals surface area contributed by atoms with Gasteiger partial charge in [0.1, 0.15) is 6.61 Å². The highest BCUT2D eigenvalue weighted by molar-refractivity contribution is 5.94. The van der Waals surface area contributed by atoms with Crippen LogP contribution in [0.2, 0.25) is 0 Å². The average molecular weight is 234 g/mol. The smallest absolute Gasteiger partial charge is 0.250 e. The van der Waals surface area contributed by atoms with Gasteiger partial charge in [0.05, 0.1) is 18.3 Å². The minimum atomic E-state index is -0.193. The maximum Gasteiger partial charge on any atom is 0.250 e. The summed E-state index contributed by atoms with van der Waals surface area (Å²) in [5.74, 6) is -0.193. The molecule has 4 N–H and O–H groups in total. The Morgan fingerprint density at radius 2 is 2.41 bits per heavy atom. The summed E-state index contributed by atoms with van der Waals surface area (Å²) >= 11 is 0. The third-order valence-corrected chi connectivity index (χ3v) is 2.22. The maximum absolute atomic E-state index is 11.5. The zero-order valence-electron chi connectivity index (χ0n) is 9.27. The summed E-state index contributed by atoms with van der Waals surface area (Å²) in [4.78, 5) is 11.5. The third-order valence-electron chi connectivity index (χ3n) is 2.22. The Bertz CT molecular complexity index is 509. The van der Waals surface area contributed by atoms with E-state index in [-0.39, 0.29) is 12.5 Å². The number of rotatable bonds is 5. The van der Waals surface area contributed by atoms with Crippen molar-refractivity contribution in [2.24, 2.45) is 5.73 Å². The first kappa shape index (κ1) is 11.6. The van der Waals surface area contributed by atoms with Gasteiger partial charge in [-0.25, -0.2) is 0 Å². The van der Waals surface area contributed by atoms with E-state index < -0.39 is 0 Å². The molecule has 0 atom stereocenters. The molecule has 0 bridgehead atoms. The molecule has 1 heterocycles. The fraction of sp³-hybridized carbons (Fsp3) is 0.273. The predicted molar refractivity (Wildman–Crippen MR) is 64.6 cm³/mol. The molecule has 0 aliphatic rings. The number of carbonyl (C=O) groups is 1. The van der Waals surface area contributed by atoms with E-state index in [0.717, 1.165) is 16.6 Å². The number of ether oxygens (including phenoxy) is 1. The molecule has 6 nitrogen and oxygen atoms in total. The van der Waals surface area contributed by atoms with Gasteiger partial charge in [-0.15, -0.1) is 0 Å². The summed E-state index contributed by atoms with van der Waals surface area (Å²) < 4.78 is 5.03. The second-order valence-corrected chi connectivity index (χ2v) is 3.56. The average Bonchev–Trinajstić information content (AvgIpc) is 2.76. The van der Waals surface area contributed by atoms with Gasteiger partial charge in [-0.2, -0.15) is 5.10 Å². The standard InChI is InChI=1S/C11H14N4O2/c12-3-4-17-7-11(16)14-9-1-2-10-8(5-9)6-13-15-10/h1-2,5-6H,3-4,7,12H2,(H,13,15)(H,14,16). The highest BCUT2D eigenvalue weighted by Gasteiger charge is 2.03. The van der Waals surface area contributed by atoms with Crippen LogP contribution in [0.25, 0.3) is 10.9 Å². The van der Waals surface area contributed by atoms with Crippen LogP contribution >= 0.6 is 0 Å². The number of H-pyrrole nitrogens is 1. The molecular formula is C11H14N4O2. The van der Waals surface area contributed by atoms with Gasteiger partial charge < -0.3 is 15.8 Å². The number of nitrogens with two attached hydrogens (primary N) is 1. The van der Waals surface area contributed by atoms with E-state index in [1.165, 1.54) is 0 Å². The monoisotopic (exact) mass is 234 g/mol. The summed E-state index contributed by atoms with van der Waals surface area (Å²) in [6.07, 6.45) is 1.70. The maximum atomic E-state index is 11.5. The van der Waals surface area contributed by atoms with Crippen LogP contribution in [0.15, 0.2) is 24.4 Å². The fourth-order valence-corrected chi connectivity index (χ4v) is 1.47. The lowest BCUT2D eigenvalue weighted by Crippen LogP contribution is -2.20. The third kappa shape index (κ3) is 3.02. The molecule has 0 aliphatic heterocycles. The molecule has 17 heavy (non-hydrogen) atoms. The molecule has 0 saturated heterocycles. The van der Waals surface area contributed by atoms with Crippen LogP contribution in [0, 0.1) is 0 Å². The van der Waals surface area contributed by atoms with Crippen LogP contribution in [0.3, 0.4) is 0 Å². The van der Waals surface area contributed by atoms with Crippen molar-refractivity contribution in [2.45, 2.75) is 0 Å². The molecule has 1 aromatic heterocycles. The number of carbonyl (C=O) groups excluding carboxylic acids is 1. The highest BCUT2D eigenvalue weighted by Crippen LogP contribution is 2.16. The molecule has 2 rings (SSSR count). The number of fused-ring (bicyclic) bond motifs is 1. The van der Waals surface area contributed by atoms with Crippen molar-refractivity contribution in [3.05, 3.63) is 24.4 Å². The first-order chi connectivity index (χ1) is 8.29. The summed E-state index contributed by atoms with van der Waals surface area (Å²) in [6.45, 7) is 0.809. The van der Waals surface area contributed by atoms with E-state index in [9.17, 15) is 4.79 Å².